The first kappa shape index (κ1) is 11.3. The number of hydrogen-bond acceptors (Lipinski definition) is 4. The third-order valence-corrected chi connectivity index (χ3v) is 3.69. The van der Waals surface area contributed by atoms with E-state index in [0.29, 0.717) is 24.4 Å². The molecule has 0 N–H and O–H groups in total. The van der Waals surface area contributed by atoms with Crippen LogP contribution >= 0.6 is 11.3 Å². The van der Waals surface area contributed by atoms with Gasteiger partial charge in [0.15, 0.2) is 0 Å². The molecular weight excluding hydrogens is 224 g/mol. The number of hydrogen-bond donors (Lipinski definition) is 0. The molecule has 2 rings (SSSR count). The second-order valence-corrected chi connectivity index (χ2v) is 5.35. The first-order valence-electron chi connectivity index (χ1n) is 5.32. The molecule has 1 fully saturated rings. The monoisotopic (exact) mass is 238 g/mol. The van der Waals surface area contributed by atoms with Gasteiger partial charge >= 0.3 is 0 Å². The van der Waals surface area contributed by atoms with Crippen LogP contribution in [0, 0.1) is 12.8 Å². The van der Waals surface area contributed by atoms with Gasteiger partial charge in [0.25, 0.3) is 5.91 Å². The normalized spacial score (nSPS) is 21.2. The molecule has 2 heterocycles. The number of aryl methyl sites for hydroxylation is 1. The fourth-order valence-electron chi connectivity index (χ4n) is 1.82. The van der Waals surface area contributed by atoms with Gasteiger partial charge in [-0.15, -0.1) is 11.3 Å². The maximum atomic E-state index is 12.1. The van der Waals surface area contributed by atoms with Gasteiger partial charge in [0, 0.05) is 25.4 Å². The van der Waals surface area contributed by atoms with Gasteiger partial charge in [0.2, 0.25) is 0 Å². The molecule has 0 aliphatic carbocycles. The third kappa shape index (κ3) is 2.14. The average molecular weight is 238 g/mol. The molecule has 0 spiro atoms. The molecule has 5 heteroatoms. The summed E-state index contributed by atoms with van der Waals surface area (Å²) in [5.41, 5.74) is 0. The van der Waals surface area contributed by atoms with Crippen molar-refractivity contribution in [2.75, 3.05) is 13.1 Å². The summed E-state index contributed by atoms with van der Waals surface area (Å²) in [6, 6.07) is 0. The van der Waals surface area contributed by atoms with Crippen LogP contribution in [0.5, 0.6) is 0 Å². The number of nitrogens with zero attached hydrogens (tertiary/aromatic N) is 2. The Labute approximate surface area is 98.3 Å². The molecule has 86 valence electrons. The third-order valence-electron chi connectivity index (χ3n) is 2.79. The zero-order valence-electron chi connectivity index (χ0n) is 9.40. The Hall–Kier alpha value is -1.23. The number of piperidine rings is 1. The Kier molecular flexibility index (Phi) is 3.05. The van der Waals surface area contributed by atoms with Gasteiger partial charge in [-0.3, -0.25) is 9.59 Å². The Morgan fingerprint density at radius 1 is 1.62 bits per heavy atom. The highest BCUT2D eigenvalue weighted by Gasteiger charge is 2.27. The van der Waals surface area contributed by atoms with Crippen LogP contribution in [0.25, 0.3) is 0 Å². The van der Waals surface area contributed by atoms with E-state index in [9.17, 15) is 9.59 Å². The van der Waals surface area contributed by atoms with E-state index < -0.39 is 0 Å². The standard InChI is InChI=1S/C11H14N2O2S/c1-7-6-13(4-3-9(7)14)11(15)10-5-12-8(2)16-10/h5,7H,3-4,6H2,1-2H3. The van der Waals surface area contributed by atoms with Crippen molar-refractivity contribution in [3.8, 4) is 0 Å². The molecule has 1 aromatic heterocycles. The quantitative estimate of drug-likeness (QED) is 0.745. The van der Waals surface area contributed by atoms with Crippen LogP contribution in [0.15, 0.2) is 6.20 Å². The lowest BCUT2D eigenvalue weighted by molar-refractivity contribution is -0.124. The summed E-state index contributed by atoms with van der Waals surface area (Å²) in [7, 11) is 0. The molecule has 1 atom stereocenters. The van der Waals surface area contributed by atoms with Gasteiger partial charge in [-0.25, -0.2) is 4.98 Å². The number of likely N-dealkylation sites (tertiary alicyclic amines) is 1. The topological polar surface area (TPSA) is 50.3 Å². The van der Waals surface area contributed by atoms with Crippen LogP contribution in [0.4, 0.5) is 0 Å². The molecule has 16 heavy (non-hydrogen) atoms. The van der Waals surface area contributed by atoms with Crippen molar-refractivity contribution in [2.45, 2.75) is 20.3 Å². The summed E-state index contributed by atoms with van der Waals surface area (Å²) in [5.74, 6) is 0.223. The van der Waals surface area contributed by atoms with E-state index in [1.54, 1.807) is 11.1 Å². The van der Waals surface area contributed by atoms with Crippen molar-refractivity contribution in [1.82, 2.24) is 9.88 Å². The van der Waals surface area contributed by atoms with Crippen molar-refractivity contribution in [2.24, 2.45) is 5.92 Å². The fraction of sp³-hybridized carbons (Fsp3) is 0.545. The van der Waals surface area contributed by atoms with E-state index in [0.717, 1.165) is 5.01 Å². The Morgan fingerprint density at radius 2 is 2.38 bits per heavy atom. The molecule has 0 saturated carbocycles. The fourth-order valence-corrected chi connectivity index (χ4v) is 2.56. The van der Waals surface area contributed by atoms with Crippen LogP contribution in [-0.4, -0.2) is 34.7 Å². The van der Waals surface area contributed by atoms with Gasteiger partial charge in [-0.2, -0.15) is 0 Å². The minimum atomic E-state index is -0.0354. The van der Waals surface area contributed by atoms with E-state index >= 15 is 0 Å². The maximum absolute atomic E-state index is 12.1. The number of rotatable bonds is 1. The molecule has 0 bridgehead atoms. The molecule has 1 amide bonds. The molecule has 1 saturated heterocycles. The van der Waals surface area contributed by atoms with Gasteiger partial charge in [0.05, 0.1) is 11.2 Å². The van der Waals surface area contributed by atoms with E-state index in [2.05, 4.69) is 4.98 Å². The Bertz CT molecular complexity index is 427. The number of amides is 1. The molecule has 1 unspecified atom stereocenters. The zero-order valence-corrected chi connectivity index (χ0v) is 10.2. The van der Waals surface area contributed by atoms with Crippen LogP contribution in [0.1, 0.15) is 28.0 Å². The lowest BCUT2D eigenvalue weighted by atomic mass is 9.98. The lowest BCUT2D eigenvalue weighted by Crippen LogP contribution is -2.42. The summed E-state index contributed by atoms with van der Waals surface area (Å²) >= 11 is 1.40. The van der Waals surface area contributed by atoms with Crippen LogP contribution in [-0.2, 0) is 4.79 Å². The summed E-state index contributed by atoms with van der Waals surface area (Å²) in [4.78, 5) is 29.9. The van der Waals surface area contributed by atoms with E-state index in [1.807, 2.05) is 13.8 Å². The van der Waals surface area contributed by atoms with Crippen molar-refractivity contribution < 1.29 is 9.59 Å². The SMILES string of the molecule is Cc1ncc(C(=O)N2CCC(=O)C(C)C2)s1. The molecule has 0 radical (unpaired) electrons. The van der Waals surface area contributed by atoms with E-state index in [4.69, 9.17) is 0 Å². The van der Waals surface area contributed by atoms with Gasteiger partial charge < -0.3 is 4.90 Å². The first-order valence-corrected chi connectivity index (χ1v) is 6.14. The van der Waals surface area contributed by atoms with Crippen LogP contribution in [0.3, 0.4) is 0 Å². The number of Topliss-reactive ketones (excluding diaryl/α,β-unsaturated/α-hetero) is 1. The minimum Gasteiger partial charge on any atom is -0.337 e. The van der Waals surface area contributed by atoms with Gasteiger partial charge in [0.1, 0.15) is 10.7 Å². The second-order valence-electron chi connectivity index (χ2n) is 4.11. The number of carbonyl (C=O) groups is 2. The minimum absolute atomic E-state index is 0.00458. The number of aromatic nitrogens is 1. The molecule has 1 aliphatic rings. The van der Waals surface area contributed by atoms with E-state index in [-0.39, 0.29) is 17.6 Å². The summed E-state index contributed by atoms with van der Waals surface area (Å²) in [6.07, 6.45) is 2.09. The summed E-state index contributed by atoms with van der Waals surface area (Å²) < 4.78 is 0. The Balaban J connectivity index is 2.08. The maximum Gasteiger partial charge on any atom is 0.265 e. The molecule has 1 aromatic rings. The van der Waals surface area contributed by atoms with Gasteiger partial charge in [-0.1, -0.05) is 6.92 Å². The Morgan fingerprint density at radius 3 is 2.94 bits per heavy atom. The highest BCUT2D eigenvalue weighted by atomic mass is 32.1. The van der Waals surface area contributed by atoms with E-state index in [1.165, 1.54) is 11.3 Å². The van der Waals surface area contributed by atoms with Crippen molar-refractivity contribution in [1.29, 1.82) is 0 Å². The lowest BCUT2D eigenvalue weighted by Gasteiger charge is -2.29. The number of ketones is 1. The summed E-state index contributed by atoms with van der Waals surface area (Å²) in [5, 5.41) is 0.893. The van der Waals surface area contributed by atoms with Crippen LogP contribution in [0.2, 0.25) is 0 Å². The van der Waals surface area contributed by atoms with Crippen molar-refractivity contribution >= 4 is 23.0 Å². The molecule has 4 nitrogen and oxygen atoms in total. The highest BCUT2D eigenvalue weighted by Crippen LogP contribution is 2.18. The van der Waals surface area contributed by atoms with Crippen molar-refractivity contribution in [3.63, 3.8) is 0 Å². The number of thiazole rings is 1. The highest BCUT2D eigenvalue weighted by molar-refractivity contribution is 7.13. The zero-order chi connectivity index (χ0) is 11.7. The predicted molar refractivity (Wildman–Crippen MR) is 61.5 cm³/mol. The smallest absolute Gasteiger partial charge is 0.265 e. The largest absolute Gasteiger partial charge is 0.337 e. The first-order chi connectivity index (χ1) is 7.58. The molecule has 0 aromatic carbocycles. The average Bonchev–Trinajstić information content (AvgIpc) is 2.68. The van der Waals surface area contributed by atoms with Gasteiger partial charge in [-0.05, 0) is 6.92 Å². The molecular formula is C11H14N2O2S. The predicted octanol–water partition coefficient (Wildman–Crippen LogP) is 1.50. The van der Waals surface area contributed by atoms with Crippen LogP contribution < -0.4 is 0 Å². The second kappa shape index (κ2) is 4.33. The number of carbonyl (C=O) groups excluding carboxylic acids is 2. The van der Waals surface area contributed by atoms with Crippen molar-refractivity contribution in [3.05, 3.63) is 16.1 Å². The summed E-state index contributed by atoms with van der Waals surface area (Å²) in [6.45, 7) is 4.83. The molecule has 1 aliphatic heterocycles.